The SMILES string of the molecule is O=C(c1cc(-c2ccco2)nc2ccccc12)N1CCO[C@@H](c2ccccc2)C1. The maximum absolute atomic E-state index is 13.5. The molecule has 2 aromatic heterocycles. The van der Waals surface area contributed by atoms with Crippen molar-refractivity contribution in [2.24, 2.45) is 0 Å². The van der Waals surface area contributed by atoms with Crippen LogP contribution in [0.3, 0.4) is 0 Å². The molecule has 5 nitrogen and oxygen atoms in total. The van der Waals surface area contributed by atoms with E-state index in [4.69, 9.17) is 9.15 Å². The van der Waals surface area contributed by atoms with Crippen molar-refractivity contribution in [3.63, 3.8) is 0 Å². The number of nitrogens with zero attached hydrogens (tertiary/aromatic N) is 2. The standard InChI is InChI=1S/C24H20N2O3/c27-24(26-12-14-29-23(16-26)17-7-2-1-3-8-17)19-15-21(22-11-6-13-28-22)25-20-10-5-4-9-18(19)20/h1-11,13,15,23H,12,14,16H2/t23-/m1/s1. The highest BCUT2D eigenvalue weighted by Gasteiger charge is 2.27. The van der Waals surface area contributed by atoms with Gasteiger partial charge in [-0.25, -0.2) is 4.98 Å². The predicted molar refractivity (Wildman–Crippen MR) is 110 cm³/mol. The van der Waals surface area contributed by atoms with E-state index in [0.29, 0.717) is 36.7 Å². The monoisotopic (exact) mass is 384 g/mol. The molecule has 29 heavy (non-hydrogen) atoms. The van der Waals surface area contributed by atoms with Crippen LogP contribution in [0.4, 0.5) is 0 Å². The van der Waals surface area contributed by atoms with Crippen LogP contribution >= 0.6 is 0 Å². The number of furan rings is 1. The van der Waals surface area contributed by atoms with Gasteiger partial charge in [-0.1, -0.05) is 48.5 Å². The highest BCUT2D eigenvalue weighted by atomic mass is 16.5. The Balaban J connectivity index is 1.52. The third kappa shape index (κ3) is 3.41. The molecule has 2 aromatic carbocycles. The molecule has 5 rings (SSSR count). The molecule has 1 amide bonds. The van der Waals surface area contributed by atoms with E-state index in [-0.39, 0.29) is 12.0 Å². The summed E-state index contributed by atoms with van der Waals surface area (Å²) in [6.07, 6.45) is 1.49. The van der Waals surface area contributed by atoms with Gasteiger partial charge in [0.1, 0.15) is 11.8 Å². The first-order chi connectivity index (χ1) is 14.3. The van der Waals surface area contributed by atoms with Crippen molar-refractivity contribution in [2.75, 3.05) is 19.7 Å². The predicted octanol–water partition coefficient (Wildman–Crippen LogP) is 4.71. The van der Waals surface area contributed by atoms with E-state index in [1.54, 1.807) is 6.26 Å². The molecule has 0 N–H and O–H groups in total. The number of para-hydroxylation sites is 1. The lowest BCUT2D eigenvalue weighted by Gasteiger charge is -2.33. The first kappa shape index (κ1) is 17.6. The number of fused-ring (bicyclic) bond motifs is 1. The summed E-state index contributed by atoms with van der Waals surface area (Å²) in [5, 5.41) is 0.843. The Labute approximate surface area is 168 Å². The van der Waals surface area contributed by atoms with Crippen molar-refractivity contribution >= 4 is 16.8 Å². The number of carbonyl (C=O) groups excluding carboxylic acids is 1. The minimum absolute atomic E-state index is 0.0133. The third-order valence-electron chi connectivity index (χ3n) is 5.25. The second-order valence-corrected chi connectivity index (χ2v) is 7.07. The Morgan fingerprint density at radius 2 is 1.83 bits per heavy atom. The molecule has 1 aliphatic heterocycles. The van der Waals surface area contributed by atoms with Crippen molar-refractivity contribution in [1.29, 1.82) is 0 Å². The molecular formula is C24H20N2O3. The van der Waals surface area contributed by atoms with Gasteiger partial charge in [-0.3, -0.25) is 4.79 Å². The first-order valence-electron chi connectivity index (χ1n) is 9.69. The fraction of sp³-hybridized carbons (Fsp3) is 0.167. The molecule has 1 fully saturated rings. The molecule has 1 aliphatic rings. The van der Waals surface area contributed by atoms with Crippen LogP contribution in [0.2, 0.25) is 0 Å². The second-order valence-electron chi connectivity index (χ2n) is 7.07. The van der Waals surface area contributed by atoms with E-state index < -0.39 is 0 Å². The molecule has 0 aliphatic carbocycles. The summed E-state index contributed by atoms with van der Waals surface area (Å²) < 4.78 is 11.4. The van der Waals surface area contributed by atoms with Crippen LogP contribution in [0.15, 0.2) is 83.5 Å². The normalized spacial score (nSPS) is 16.8. The number of hydrogen-bond donors (Lipinski definition) is 0. The smallest absolute Gasteiger partial charge is 0.254 e. The average Bonchev–Trinajstić information content (AvgIpc) is 3.34. The summed E-state index contributed by atoms with van der Waals surface area (Å²) in [5.41, 5.74) is 3.15. The number of rotatable bonds is 3. The van der Waals surface area contributed by atoms with Gasteiger partial charge in [-0.2, -0.15) is 0 Å². The van der Waals surface area contributed by atoms with Gasteiger partial charge in [0, 0.05) is 11.9 Å². The van der Waals surface area contributed by atoms with E-state index in [1.807, 2.05) is 77.7 Å². The van der Waals surface area contributed by atoms with E-state index in [9.17, 15) is 4.79 Å². The summed E-state index contributed by atoms with van der Waals surface area (Å²) in [5.74, 6) is 0.634. The molecule has 3 heterocycles. The summed E-state index contributed by atoms with van der Waals surface area (Å²) in [6.45, 7) is 1.60. The van der Waals surface area contributed by atoms with Gasteiger partial charge >= 0.3 is 0 Å². The van der Waals surface area contributed by atoms with Crippen LogP contribution in [-0.4, -0.2) is 35.5 Å². The highest BCUT2D eigenvalue weighted by molar-refractivity contribution is 6.07. The van der Waals surface area contributed by atoms with Gasteiger partial charge < -0.3 is 14.1 Å². The minimum atomic E-state index is -0.119. The summed E-state index contributed by atoms with van der Waals surface area (Å²) in [7, 11) is 0. The molecule has 4 aromatic rings. The van der Waals surface area contributed by atoms with E-state index in [0.717, 1.165) is 16.5 Å². The molecule has 1 saturated heterocycles. The van der Waals surface area contributed by atoms with Gasteiger partial charge in [0.2, 0.25) is 0 Å². The van der Waals surface area contributed by atoms with E-state index in [1.165, 1.54) is 0 Å². The molecular weight excluding hydrogens is 364 g/mol. The number of amides is 1. The lowest BCUT2D eigenvalue weighted by Crippen LogP contribution is -2.42. The van der Waals surface area contributed by atoms with Gasteiger partial charge in [0.25, 0.3) is 5.91 Å². The lowest BCUT2D eigenvalue weighted by atomic mass is 10.0. The average molecular weight is 384 g/mol. The number of morpholine rings is 1. The van der Waals surface area contributed by atoms with Gasteiger partial charge in [0.15, 0.2) is 5.76 Å². The molecule has 0 saturated carbocycles. The maximum Gasteiger partial charge on any atom is 0.254 e. The summed E-state index contributed by atoms with van der Waals surface area (Å²) in [6, 6.07) is 23.3. The van der Waals surface area contributed by atoms with Gasteiger partial charge in [-0.15, -0.1) is 0 Å². The van der Waals surface area contributed by atoms with Gasteiger partial charge in [-0.05, 0) is 29.8 Å². The van der Waals surface area contributed by atoms with Crippen molar-refractivity contribution in [3.05, 3.63) is 90.2 Å². The molecule has 0 bridgehead atoms. The molecule has 5 heteroatoms. The number of benzene rings is 2. The first-order valence-corrected chi connectivity index (χ1v) is 9.69. The number of ether oxygens (including phenoxy) is 1. The summed E-state index contributed by atoms with van der Waals surface area (Å²) >= 11 is 0. The van der Waals surface area contributed by atoms with Crippen molar-refractivity contribution in [2.45, 2.75) is 6.10 Å². The number of carbonyl (C=O) groups is 1. The van der Waals surface area contributed by atoms with E-state index in [2.05, 4.69) is 4.98 Å². The number of hydrogen-bond acceptors (Lipinski definition) is 4. The minimum Gasteiger partial charge on any atom is -0.463 e. The van der Waals surface area contributed by atoms with Crippen LogP contribution in [0.25, 0.3) is 22.4 Å². The van der Waals surface area contributed by atoms with Crippen molar-refractivity contribution < 1.29 is 13.9 Å². The zero-order valence-corrected chi connectivity index (χ0v) is 15.8. The highest BCUT2D eigenvalue weighted by Crippen LogP contribution is 2.28. The number of pyridine rings is 1. The Morgan fingerprint density at radius 1 is 1.00 bits per heavy atom. The molecule has 0 spiro atoms. The van der Waals surface area contributed by atoms with Crippen LogP contribution in [0.1, 0.15) is 22.0 Å². The Hall–Kier alpha value is -3.44. The molecule has 0 unspecified atom stereocenters. The fourth-order valence-corrected chi connectivity index (χ4v) is 3.78. The Kier molecular flexibility index (Phi) is 4.58. The Morgan fingerprint density at radius 3 is 2.66 bits per heavy atom. The lowest BCUT2D eigenvalue weighted by molar-refractivity contribution is -0.0227. The second kappa shape index (κ2) is 7.53. The van der Waals surface area contributed by atoms with Gasteiger partial charge in [0.05, 0.1) is 30.5 Å². The zero-order valence-electron chi connectivity index (χ0n) is 15.8. The molecule has 144 valence electrons. The van der Waals surface area contributed by atoms with Crippen LogP contribution in [0, 0.1) is 0 Å². The number of aromatic nitrogens is 1. The molecule has 1 atom stereocenters. The van der Waals surface area contributed by atoms with Crippen LogP contribution < -0.4 is 0 Å². The fourth-order valence-electron chi connectivity index (χ4n) is 3.78. The zero-order chi connectivity index (χ0) is 19.6. The van der Waals surface area contributed by atoms with Crippen molar-refractivity contribution in [1.82, 2.24) is 9.88 Å². The van der Waals surface area contributed by atoms with Crippen LogP contribution in [0.5, 0.6) is 0 Å². The van der Waals surface area contributed by atoms with E-state index >= 15 is 0 Å². The third-order valence-corrected chi connectivity index (χ3v) is 5.25. The largest absolute Gasteiger partial charge is 0.463 e. The maximum atomic E-state index is 13.5. The summed E-state index contributed by atoms with van der Waals surface area (Å²) in [4.78, 5) is 20.1. The Bertz CT molecular complexity index is 1140. The van der Waals surface area contributed by atoms with Crippen molar-refractivity contribution in [3.8, 4) is 11.5 Å². The molecule has 0 radical (unpaired) electrons. The topological polar surface area (TPSA) is 55.6 Å². The quantitative estimate of drug-likeness (QED) is 0.513. The van der Waals surface area contributed by atoms with Crippen LogP contribution in [-0.2, 0) is 4.74 Å².